The van der Waals surface area contributed by atoms with Gasteiger partial charge in [0.15, 0.2) is 0 Å². The largest absolute Gasteiger partial charge is 0.394 e. The van der Waals surface area contributed by atoms with Gasteiger partial charge in [0.1, 0.15) is 5.25 Å². The number of halogens is 3. The molecule has 1 fully saturated rings. The molecule has 0 aromatic heterocycles. The number of sulfonamides is 1. The van der Waals surface area contributed by atoms with Crippen molar-refractivity contribution in [3.05, 3.63) is 0 Å². The first-order chi connectivity index (χ1) is 10.5. The molecule has 7 nitrogen and oxygen atoms in total. The molecule has 1 saturated heterocycles. The number of nitrogens with one attached hydrogen (secondary N) is 1. The lowest BCUT2D eigenvalue weighted by atomic mass is 10.1. The van der Waals surface area contributed by atoms with Crippen LogP contribution in [0.5, 0.6) is 0 Å². The molecule has 0 unspecified atom stereocenters. The Hall–Kier alpha value is -1.07. The Morgan fingerprint density at radius 1 is 1.35 bits per heavy atom. The first-order valence-corrected chi connectivity index (χ1v) is 8.60. The Kier molecular flexibility index (Phi) is 6.66. The minimum atomic E-state index is -4.70. The van der Waals surface area contributed by atoms with Gasteiger partial charge in [0.25, 0.3) is 0 Å². The molecule has 0 bridgehead atoms. The van der Waals surface area contributed by atoms with E-state index in [1.807, 2.05) is 0 Å². The van der Waals surface area contributed by atoms with Gasteiger partial charge in [-0.3, -0.25) is 0 Å². The number of ether oxygens (including phenoxy) is 1. The predicted octanol–water partition coefficient (Wildman–Crippen LogP) is 0.487. The van der Waals surface area contributed by atoms with Crippen LogP contribution >= 0.6 is 0 Å². The normalized spacial score (nSPS) is 22.7. The quantitative estimate of drug-likeness (QED) is 0.699. The van der Waals surface area contributed by atoms with Crippen molar-refractivity contribution >= 4 is 16.1 Å². The van der Waals surface area contributed by atoms with Crippen LogP contribution in [0.4, 0.5) is 18.0 Å². The summed E-state index contributed by atoms with van der Waals surface area (Å²) in [6, 6.07) is -0.726. The maximum atomic E-state index is 13.1. The Balaban J connectivity index is 2.83. The highest BCUT2D eigenvalue weighted by atomic mass is 32.2. The van der Waals surface area contributed by atoms with Gasteiger partial charge in [-0.15, -0.1) is 0 Å². The molecule has 1 aliphatic heterocycles. The van der Waals surface area contributed by atoms with E-state index in [1.54, 1.807) is 6.92 Å². The third-order valence-electron chi connectivity index (χ3n) is 3.59. The van der Waals surface area contributed by atoms with Crippen LogP contribution in [0.25, 0.3) is 0 Å². The minimum Gasteiger partial charge on any atom is -0.380 e. The molecule has 0 aromatic carbocycles. The molecule has 0 aliphatic carbocycles. The van der Waals surface area contributed by atoms with Crippen molar-refractivity contribution in [1.29, 1.82) is 0 Å². The molecular weight excluding hydrogens is 339 g/mol. The number of alkyl halides is 3. The summed E-state index contributed by atoms with van der Waals surface area (Å²) < 4.78 is 69.4. The van der Waals surface area contributed by atoms with Crippen molar-refractivity contribution in [2.24, 2.45) is 5.92 Å². The number of likely N-dealkylation sites (tertiary alicyclic amines) is 1. The summed E-state index contributed by atoms with van der Waals surface area (Å²) >= 11 is 0. The van der Waals surface area contributed by atoms with Crippen LogP contribution in [0.2, 0.25) is 0 Å². The number of hydrogen-bond acceptors (Lipinski definition) is 4. The number of nitrogens with zero attached hydrogens (tertiary/aromatic N) is 2. The van der Waals surface area contributed by atoms with E-state index in [0.29, 0.717) is 6.61 Å². The second kappa shape index (κ2) is 7.67. The molecule has 0 aromatic rings. The van der Waals surface area contributed by atoms with E-state index < -0.39 is 46.5 Å². The number of hydrogen-bond donors (Lipinski definition) is 1. The molecule has 23 heavy (non-hydrogen) atoms. The lowest BCUT2D eigenvalue weighted by Gasteiger charge is -2.23. The predicted molar refractivity (Wildman–Crippen MR) is 77.4 cm³/mol. The fourth-order valence-electron chi connectivity index (χ4n) is 2.31. The van der Waals surface area contributed by atoms with Crippen LogP contribution in [0, 0.1) is 5.92 Å². The van der Waals surface area contributed by atoms with Crippen LogP contribution < -0.4 is 5.32 Å². The first kappa shape index (κ1) is 20.0. The van der Waals surface area contributed by atoms with E-state index in [0.717, 1.165) is 9.21 Å². The molecule has 1 N–H and O–H groups in total. The second-order valence-electron chi connectivity index (χ2n) is 5.35. The van der Waals surface area contributed by atoms with E-state index in [-0.39, 0.29) is 13.2 Å². The zero-order valence-electron chi connectivity index (χ0n) is 13.3. The fraction of sp³-hybridized carbons (Fsp3) is 0.917. The highest BCUT2D eigenvalue weighted by molar-refractivity contribution is 7.89. The summed E-state index contributed by atoms with van der Waals surface area (Å²) in [6.07, 6.45) is -4.70. The van der Waals surface area contributed by atoms with Crippen LogP contribution in [0.3, 0.4) is 0 Å². The summed E-state index contributed by atoms with van der Waals surface area (Å²) in [5.41, 5.74) is 0. The second-order valence-corrected chi connectivity index (χ2v) is 7.71. The SMILES string of the molecule is CCOCCNC(=O)N1C[C@H](C(F)(F)F)[C@@H](S(=O)(=O)N(C)C)C1. The average molecular weight is 361 g/mol. The van der Waals surface area contributed by atoms with Gasteiger partial charge in [-0.25, -0.2) is 17.5 Å². The first-order valence-electron chi connectivity index (χ1n) is 7.10. The van der Waals surface area contributed by atoms with Gasteiger partial charge >= 0.3 is 12.2 Å². The van der Waals surface area contributed by atoms with Crippen molar-refractivity contribution in [1.82, 2.24) is 14.5 Å². The third kappa shape index (κ3) is 4.95. The van der Waals surface area contributed by atoms with Gasteiger partial charge in [-0.05, 0) is 6.92 Å². The molecule has 11 heteroatoms. The number of urea groups is 1. The maximum absolute atomic E-state index is 13.1. The van der Waals surface area contributed by atoms with E-state index in [2.05, 4.69) is 5.32 Å². The molecular formula is C12H22F3N3O4S. The van der Waals surface area contributed by atoms with Crippen molar-refractivity contribution in [2.75, 3.05) is 46.9 Å². The van der Waals surface area contributed by atoms with Gasteiger partial charge in [-0.1, -0.05) is 0 Å². The molecule has 0 radical (unpaired) electrons. The van der Waals surface area contributed by atoms with Crippen molar-refractivity contribution in [3.8, 4) is 0 Å². The summed E-state index contributed by atoms with van der Waals surface area (Å²) in [5.74, 6) is -2.10. The van der Waals surface area contributed by atoms with E-state index in [9.17, 15) is 26.4 Å². The van der Waals surface area contributed by atoms with Crippen molar-refractivity contribution in [2.45, 2.75) is 18.3 Å². The smallest absolute Gasteiger partial charge is 0.380 e. The van der Waals surface area contributed by atoms with E-state index in [1.165, 1.54) is 14.1 Å². The molecule has 2 amide bonds. The van der Waals surface area contributed by atoms with Crippen molar-refractivity contribution < 1.29 is 31.1 Å². The highest BCUT2D eigenvalue weighted by Crippen LogP contribution is 2.37. The van der Waals surface area contributed by atoms with Gasteiger partial charge < -0.3 is 15.0 Å². The third-order valence-corrected chi connectivity index (χ3v) is 5.85. The van der Waals surface area contributed by atoms with E-state index in [4.69, 9.17) is 4.74 Å². The van der Waals surface area contributed by atoms with E-state index >= 15 is 0 Å². The highest BCUT2D eigenvalue weighted by Gasteiger charge is 2.55. The molecule has 2 atom stereocenters. The fourth-order valence-corrected chi connectivity index (χ4v) is 3.88. The topological polar surface area (TPSA) is 79.0 Å². The summed E-state index contributed by atoms with van der Waals surface area (Å²) in [4.78, 5) is 12.8. The zero-order chi connectivity index (χ0) is 17.8. The van der Waals surface area contributed by atoms with Crippen LogP contribution in [0.1, 0.15) is 6.92 Å². The van der Waals surface area contributed by atoms with Gasteiger partial charge in [-0.2, -0.15) is 13.2 Å². The average Bonchev–Trinajstić information content (AvgIpc) is 2.89. The van der Waals surface area contributed by atoms with Crippen LogP contribution in [-0.2, 0) is 14.8 Å². The number of amides is 2. The Morgan fingerprint density at radius 2 is 1.96 bits per heavy atom. The van der Waals surface area contributed by atoms with Gasteiger partial charge in [0.05, 0.1) is 12.5 Å². The summed E-state index contributed by atoms with van der Waals surface area (Å²) in [7, 11) is -1.79. The van der Waals surface area contributed by atoms with Gasteiger partial charge in [0, 0.05) is 40.3 Å². The summed E-state index contributed by atoms with van der Waals surface area (Å²) in [6.45, 7) is 1.43. The minimum absolute atomic E-state index is 0.144. The lowest BCUT2D eigenvalue weighted by molar-refractivity contribution is -0.169. The number of carbonyl (C=O) groups is 1. The monoisotopic (exact) mass is 361 g/mol. The Labute approximate surface area is 133 Å². The van der Waals surface area contributed by atoms with Crippen molar-refractivity contribution in [3.63, 3.8) is 0 Å². The molecule has 0 saturated carbocycles. The lowest BCUT2D eigenvalue weighted by Crippen LogP contribution is -2.43. The number of carbonyl (C=O) groups excluding carboxylic acids is 1. The molecule has 136 valence electrons. The van der Waals surface area contributed by atoms with Gasteiger partial charge in [0.2, 0.25) is 10.0 Å². The maximum Gasteiger partial charge on any atom is 0.394 e. The molecule has 1 rings (SSSR count). The standard InChI is InChI=1S/C12H22F3N3O4S/c1-4-22-6-5-16-11(19)18-7-9(12(13,14)15)10(8-18)23(20,21)17(2)3/h9-10H,4-8H2,1-3H3,(H,16,19)/t9-,10-/m0/s1. The Bertz CT molecular complexity index is 510. The zero-order valence-corrected chi connectivity index (χ0v) is 14.1. The van der Waals surface area contributed by atoms with Crippen LogP contribution in [-0.4, -0.2) is 82.0 Å². The van der Waals surface area contributed by atoms with Crippen LogP contribution in [0.15, 0.2) is 0 Å². The molecule has 1 aliphatic rings. The number of rotatable bonds is 6. The summed E-state index contributed by atoms with van der Waals surface area (Å²) in [5, 5.41) is 0.720. The molecule has 0 spiro atoms. The Morgan fingerprint density at radius 3 is 2.43 bits per heavy atom. The molecule has 1 heterocycles.